The molecule has 0 heterocycles. The fraction of sp³-hybridized carbons (Fsp3) is 0.263. The average molecular weight is 326 g/mol. The number of nitrogens with one attached hydrogen (secondary N) is 2. The lowest BCUT2D eigenvalue weighted by Crippen LogP contribution is -2.36. The third-order valence-electron chi connectivity index (χ3n) is 3.72. The molecule has 0 aromatic heterocycles. The second-order valence-corrected chi connectivity index (χ2v) is 5.59. The molecule has 2 aromatic carbocycles. The number of aryl methyl sites for hydroxylation is 2. The quantitative estimate of drug-likeness (QED) is 0.830. The summed E-state index contributed by atoms with van der Waals surface area (Å²) in [6, 6.07) is 13.3. The molecule has 5 heteroatoms. The van der Waals surface area contributed by atoms with Gasteiger partial charge in [0, 0.05) is 12.2 Å². The van der Waals surface area contributed by atoms with E-state index in [2.05, 4.69) is 10.6 Å². The summed E-state index contributed by atoms with van der Waals surface area (Å²) in [5, 5.41) is 5.28. The van der Waals surface area contributed by atoms with Crippen molar-refractivity contribution in [2.45, 2.75) is 20.3 Å². The van der Waals surface area contributed by atoms with Gasteiger partial charge >= 0.3 is 11.8 Å². The Bertz CT molecular complexity index is 741. The number of ether oxygens (including phenoxy) is 1. The molecule has 0 aliphatic heterocycles. The molecule has 24 heavy (non-hydrogen) atoms. The van der Waals surface area contributed by atoms with Gasteiger partial charge in [-0.25, -0.2) is 0 Å². The van der Waals surface area contributed by atoms with Crippen molar-refractivity contribution in [2.75, 3.05) is 19.0 Å². The predicted octanol–water partition coefficient (Wildman–Crippen LogP) is 2.61. The molecule has 0 bridgehead atoms. The maximum absolute atomic E-state index is 12.0. The van der Waals surface area contributed by atoms with Crippen LogP contribution >= 0.6 is 0 Å². The number of hydrogen-bond acceptors (Lipinski definition) is 3. The molecule has 0 aliphatic carbocycles. The second kappa shape index (κ2) is 8.15. The van der Waals surface area contributed by atoms with Gasteiger partial charge in [0.25, 0.3) is 0 Å². The highest BCUT2D eigenvalue weighted by Gasteiger charge is 2.14. The van der Waals surface area contributed by atoms with Crippen molar-refractivity contribution >= 4 is 17.5 Å². The van der Waals surface area contributed by atoms with Crippen LogP contribution in [0.3, 0.4) is 0 Å². The van der Waals surface area contributed by atoms with Gasteiger partial charge in [0.05, 0.1) is 7.11 Å². The molecule has 5 nitrogen and oxygen atoms in total. The number of benzene rings is 2. The van der Waals surface area contributed by atoms with Crippen LogP contribution in [0.25, 0.3) is 0 Å². The van der Waals surface area contributed by atoms with E-state index in [0.29, 0.717) is 18.7 Å². The van der Waals surface area contributed by atoms with Crippen molar-refractivity contribution in [3.8, 4) is 5.75 Å². The van der Waals surface area contributed by atoms with Crippen molar-refractivity contribution in [1.29, 1.82) is 0 Å². The van der Waals surface area contributed by atoms with Gasteiger partial charge in [0.15, 0.2) is 0 Å². The van der Waals surface area contributed by atoms with E-state index in [-0.39, 0.29) is 0 Å². The van der Waals surface area contributed by atoms with Crippen LogP contribution in [0.15, 0.2) is 42.5 Å². The minimum absolute atomic E-state index is 0.361. The maximum atomic E-state index is 12.0. The molecule has 0 aliphatic rings. The van der Waals surface area contributed by atoms with Crippen molar-refractivity contribution in [1.82, 2.24) is 5.32 Å². The largest absolute Gasteiger partial charge is 0.496 e. The van der Waals surface area contributed by atoms with Gasteiger partial charge < -0.3 is 15.4 Å². The molecule has 0 fully saturated rings. The molecule has 2 amide bonds. The van der Waals surface area contributed by atoms with E-state index >= 15 is 0 Å². The zero-order valence-corrected chi connectivity index (χ0v) is 14.2. The monoisotopic (exact) mass is 326 g/mol. The van der Waals surface area contributed by atoms with Crippen LogP contribution in [0, 0.1) is 13.8 Å². The van der Waals surface area contributed by atoms with E-state index in [0.717, 1.165) is 22.4 Å². The second-order valence-electron chi connectivity index (χ2n) is 5.59. The molecule has 126 valence electrons. The van der Waals surface area contributed by atoms with Crippen molar-refractivity contribution < 1.29 is 14.3 Å². The number of methoxy groups -OCH3 is 1. The summed E-state index contributed by atoms with van der Waals surface area (Å²) in [5.74, 6) is -0.541. The predicted molar refractivity (Wildman–Crippen MR) is 94.3 cm³/mol. The summed E-state index contributed by atoms with van der Waals surface area (Å²) in [5.41, 5.74) is 3.57. The Balaban J connectivity index is 1.88. The Hall–Kier alpha value is -2.82. The first kappa shape index (κ1) is 17.5. The summed E-state index contributed by atoms with van der Waals surface area (Å²) in [7, 11) is 1.61. The minimum Gasteiger partial charge on any atom is -0.496 e. The van der Waals surface area contributed by atoms with E-state index in [1.807, 2.05) is 56.3 Å². The standard InChI is InChI=1S/C19H22N2O3/c1-13-8-9-14(2)16(12-13)21-19(23)18(22)20-11-10-15-6-4-5-7-17(15)24-3/h4-9,12H,10-11H2,1-3H3,(H,20,22)(H,21,23). The number of anilines is 1. The van der Waals surface area contributed by atoms with E-state index < -0.39 is 11.8 Å². The number of carbonyl (C=O) groups excluding carboxylic acids is 2. The molecular formula is C19H22N2O3. The summed E-state index contributed by atoms with van der Waals surface area (Å²) in [6.45, 7) is 4.18. The average Bonchev–Trinajstić information content (AvgIpc) is 2.58. The highest BCUT2D eigenvalue weighted by Crippen LogP contribution is 2.17. The first-order valence-electron chi connectivity index (χ1n) is 7.79. The van der Waals surface area contributed by atoms with Crippen molar-refractivity contribution in [3.05, 3.63) is 59.2 Å². The Labute approximate surface area is 142 Å². The molecule has 0 radical (unpaired) electrons. The molecule has 0 saturated heterocycles. The first-order chi connectivity index (χ1) is 11.5. The summed E-state index contributed by atoms with van der Waals surface area (Å²) in [4.78, 5) is 23.9. The Morgan fingerprint density at radius 3 is 2.54 bits per heavy atom. The van der Waals surface area contributed by atoms with Gasteiger partial charge in [-0.2, -0.15) is 0 Å². The van der Waals surface area contributed by atoms with Gasteiger partial charge in [0.1, 0.15) is 5.75 Å². The molecule has 0 unspecified atom stereocenters. The van der Waals surface area contributed by atoms with Crippen LogP contribution in [0.2, 0.25) is 0 Å². The van der Waals surface area contributed by atoms with Crippen molar-refractivity contribution in [2.24, 2.45) is 0 Å². The minimum atomic E-state index is -0.663. The SMILES string of the molecule is COc1ccccc1CCNC(=O)C(=O)Nc1cc(C)ccc1C. The zero-order chi connectivity index (χ0) is 17.5. The van der Waals surface area contributed by atoms with E-state index in [1.54, 1.807) is 7.11 Å². The third kappa shape index (κ3) is 4.59. The van der Waals surface area contributed by atoms with Crippen LogP contribution in [0.4, 0.5) is 5.69 Å². The number of amides is 2. The smallest absolute Gasteiger partial charge is 0.313 e. The highest BCUT2D eigenvalue weighted by molar-refractivity contribution is 6.39. The number of para-hydroxylation sites is 1. The van der Waals surface area contributed by atoms with Crippen LogP contribution < -0.4 is 15.4 Å². The topological polar surface area (TPSA) is 67.4 Å². The molecule has 0 atom stereocenters. The summed E-state index contributed by atoms with van der Waals surface area (Å²) in [6.07, 6.45) is 0.590. The zero-order valence-electron chi connectivity index (χ0n) is 14.2. The van der Waals surface area contributed by atoms with Gasteiger partial charge in [-0.05, 0) is 49.1 Å². The van der Waals surface area contributed by atoms with Gasteiger partial charge in [-0.15, -0.1) is 0 Å². The molecular weight excluding hydrogens is 304 g/mol. The van der Waals surface area contributed by atoms with Crippen LogP contribution in [-0.4, -0.2) is 25.5 Å². The number of hydrogen-bond donors (Lipinski definition) is 2. The fourth-order valence-corrected chi connectivity index (χ4v) is 2.35. The molecule has 0 spiro atoms. The van der Waals surface area contributed by atoms with E-state index in [9.17, 15) is 9.59 Å². The molecule has 2 rings (SSSR count). The van der Waals surface area contributed by atoms with Crippen molar-refractivity contribution in [3.63, 3.8) is 0 Å². The van der Waals surface area contributed by atoms with Gasteiger partial charge in [-0.1, -0.05) is 30.3 Å². The van der Waals surface area contributed by atoms with Crippen LogP contribution in [0.5, 0.6) is 5.75 Å². The summed E-state index contributed by atoms with van der Waals surface area (Å²) < 4.78 is 5.26. The van der Waals surface area contributed by atoms with E-state index in [4.69, 9.17) is 4.74 Å². The fourth-order valence-electron chi connectivity index (χ4n) is 2.35. The van der Waals surface area contributed by atoms with E-state index in [1.165, 1.54) is 0 Å². The third-order valence-corrected chi connectivity index (χ3v) is 3.72. The lowest BCUT2D eigenvalue weighted by molar-refractivity contribution is -0.136. The van der Waals surface area contributed by atoms with Crippen LogP contribution in [0.1, 0.15) is 16.7 Å². The normalized spacial score (nSPS) is 10.1. The Morgan fingerprint density at radius 1 is 1.04 bits per heavy atom. The number of carbonyl (C=O) groups is 2. The Kier molecular flexibility index (Phi) is 5.95. The first-order valence-corrected chi connectivity index (χ1v) is 7.79. The molecule has 2 N–H and O–H groups in total. The summed E-state index contributed by atoms with van der Waals surface area (Å²) >= 11 is 0. The maximum Gasteiger partial charge on any atom is 0.313 e. The lowest BCUT2D eigenvalue weighted by Gasteiger charge is -2.10. The number of rotatable bonds is 5. The molecule has 2 aromatic rings. The molecule has 0 saturated carbocycles. The van der Waals surface area contributed by atoms with Gasteiger partial charge in [-0.3, -0.25) is 9.59 Å². The highest BCUT2D eigenvalue weighted by atomic mass is 16.5. The lowest BCUT2D eigenvalue weighted by atomic mass is 10.1. The van der Waals surface area contributed by atoms with Crippen LogP contribution in [-0.2, 0) is 16.0 Å². The Morgan fingerprint density at radius 2 is 1.79 bits per heavy atom. The van der Waals surface area contributed by atoms with Gasteiger partial charge in [0.2, 0.25) is 0 Å².